The Balaban J connectivity index is 0.000000637. The summed E-state index contributed by atoms with van der Waals surface area (Å²) in [5, 5.41) is 11.6. The quantitative estimate of drug-likeness (QED) is 0.318. The molecule has 3 rings (SSSR count). The molecule has 3 aromatic rings. The van der Waals surface area contributed by atoms with Crippen molar-refractivity contribution in [3.05, 3.63) is 54.6 Å². The van der Waals surface area contributed by atoms with E-state index in [0.29, 0.717) is 0 Å². The summed E-state index contributed by atoms with van der Waals surface area (Å²) in [6, 6.07) is 18.4. The largest absolute Gasteiger partial charge is 0.400 e. The van der Waals surface area contributed by atoms with E-state index >= 15 is 0 Å². The maximum absolute atomic E-state index is 7.00. The molecule has 0 amide bonds. The standard InChI is InChI=1S/C14H9IO2.CH4O/c15-17-16-14-9-10-5-1-2-6-11(10)12-7-3-4-8-13(12)14;1-2/h1-9H;2H,1H3. The van der Waals surface area contributed by atoms with Crippen LogP contribution in [0.4, 0.5) is 0 Å². The van der Waals surface area contributed by atoms with Crippen molar-refractivity contribution < 1.29 is 13.2 Å². The monoisotopic (exact) mass is 368 g/mol. The predicted octanol–water partition coefficient (Wildman–Crippen LogP) is 4.26. The van der Waals surface area contributed by atoms with Crippen molar-refractivity contribution in [1.82, 2.24) is 0 Å². The van der Waals surface area contributed by atoms with E-state index in [4.69, 9.17) is 13.2 Å². The Hall–Kier alpha value is -1.37. The van der Waals surface area contributed by atoms with Crippen molar-refractivity contribution in [2.75, 3.05) is 7.11 Å². The molecule has 1 N–H and O–H groups in total. The molecule has 0 heterocycles. The van der Waals surface area contributed by atoms with E-state index < -0.39 is 0 Å². The average molecular weight is 368 g/mol. The summed E-state index contributed by atoms with van der Waals surface area (Å²) in [4.78, 5) is 5.21. The van der Waals surface area contributed by atoms with Crippen LogP contribution >= 0.6 is 23.0 Å². The third-order valence-electron chi connectivity index (χ3n) is 2.85. The van der Waals surface area contributed by atoms with Crippen LogP contribution in [0.2, 0.25) is 0 Å². The summed E-state index contributed by atoms with van der Waals surface area (Å²) < 4.78 is 4.75. The summed E-state index contributed by atoms with van der Waals surface area (Å²) in [5.41, 5.74) is 0. The Kier molecular flexibility index (Phi) is 4.95. The van der Waals surface area contributed by atoms with E-state index in [1.54, 1.807) is 23.0 Å². The number of hydrogen-bond acceptors (Lipinski definition) is 3. The number of aliphatic hydroxyl groups is 1. The van der Waals surface area contributed by atoms with Crippen LogP contribution in [0, 0.1) is 0 Å². The summed E-state index contributed by atoms with van der Waals surface area (Å²) in [7, 11) is 1.00. The SMILES string of the molecule is CO.IOOc1cc2ccccc2c2ccccc12. The molecule has 0 aliphatic heterocycles. The molecule has 3 nitrogen and oxygen atoms in total. The minimum absolute atomic E-state index is 0.744. The molecular weight excluding hydrogens is 355 g/mol. The average Bonchev–Trinajstić information content (AvgIpc) is 2.50. The molecule has 0 unspecified atom stereocenters. The number of aliphatic hydroxyl groups excluding tert-OH is 1. The zero-order chi connectivity index (χ0) is 13.7. The van der Waals surface area contributed by atoms with Crippen molar-refractivity contribution in [2.45, 2.75) is 0 Å². The lowest BCUT2D eigenvalue weighted by Gasteiger charge is -2.08. The number of rotatable bonds is 2. The van der Waals surface area contributed by atoms with Crippen molar-refractivity contribution >= 4 is 44.6 Å². The topological polar surface area (TPSA) is 38.7 Å². The van der Waals surface area contributed by atoms with Crippen molar-refractivity contribution in [1.29, 1.82) is 0 Å². The fraction of sp³-hybridized carbons (Fsp3) is 0.0667. The van der Waals surface area contributed by atoms with Gasteiger partial charge in [0.05, 0.1) is 0 Å². The van der Waals surface area contributed by atoms with E-state index in [1.807, 2.05) is 36.4 Å². The first-order chi connectivity index (χ1) is 9.40. The van der Waals surface area contributed by atoms with Crippen LogP contribution in [0.3, 0.4) is 0 Å². The summed E-state index contributed by atoms with van der Waals surface area (Å²) in [6.45, 7) is 0. The van der Waals surface area contributed by atoms with Gasteiger partial charge in [-0.2, -0.15) is 0 Å². The molecular formula is C15H13IO3. The summed E-state index contributed by atoms with van der Waals surface area (Å²) >= 11 is 1.73. The van der Waals surface area contributed by atoms with Crippen LogP contribution in [0.5, 0.6) is 5.75 Å². The van der Waals surface area contributed by atoms with Crippen LogP contribution < -0.4 is 4.89 Å². The second kappa shape index (κ2) is 6.70. The first kappa shape index (κ1) is 14.0. The highest BCUT2D eigenvalue weighted by Crippen LogP contribution is 2.33. The molecule has 0 aromatic heterocycles. The molecule has 0 saturated carbocycles. The first-order valence-electron chi connectivity index (χ1n) is 5.70. The van der Waals surface area contributed by atoms with Crippen molar-refractivity contribution in [2.24, 2.45) is 0 Å². The maximum atomic E-state index is 7.00. The molecule has 0 radical (unpaired) electrons. The number of halogens is 1. The zero-order valence-electron chi connectivity index (χ0n) is 10.3. The van der Waals surface area contributed by atoms with Crippen LogP contribution in [-0.4, -0.2) is 12.2 Å². The second-order valence-corrected chi connectivity index (χ2v) is 4.15. The van der Waals surface area contributed by atoms with Gasteiger partial charge in [-0.1, -0.05) is 48.5 Å². The summed E-state index contributed by atoms with van der Waals surface area (Å²) in [5.74, 6) is 0.744. The lowest BCUT2D eigenvalue weighted by atomic mass is 10.0. The minimum Gasteiger partial charge on any atom is -0.400 e. The Labute approximate surface area is 125 Å². The lowest BCUT2D eigenvalue weighted by Crippen LogP contribution is -1.88. The molecule has 19 heavy (non-hydrogen) atoms. The highest BCUT2D eigenvalue weighted by atomic mass is 127. The molecule has 3 aromatic carbocycles. The Bertz CT molecular complexity index is 682. The van der Waals surface area contributed by atoms with Crippen LogP contribution in [-0.2, 0) is 3.22 Å². The van der Waals surface area contributed by atoms with Gasteiger partial charge in [-0.25, -0.2) is 0 Å². The molecule has 0 saturated heterocycles. The minimum atomic E-state index is 0.744. The third-order valence-corrected chi connectivity index (χ3v) is 3.03. The van der Waals surface area contributed by atoms with Gasteiger partial charge < -0.3 is 9.99 Å². The maximum Gasteiger partial charge on any atom is 0.174 e. The number of benzene rings is 3. The number of hydrogen-bond donors (Lipinski definition) is 1. The highest BCUT2D eigenvalue weighted by molar-refractivity contribution is 14.1. The van der Waals surface area contributed by atoms with Crippen LogP contribution in [0.25, 0.3) is 21.5 Å². The fourth-order valence-corrected chi connectivity index (χ4v) is 2.32. The van der Waals surface area contributed by atoms with E-state index in [1.165, 1.54) is 10.8 Å². The fourth-order valence-electron chi connectivity index (χ4n) is 2.12. The Morgan fingerprint density at radius 1 is 0.842 bits per heavy atom. The summed E-state index contributed by atoms with van der Waals surface area (Å²) in [6.07, 6.45) is 0. The normalized spacial score (nSPS) is 10.1. The van der Waals surface area contributed by atoms with Gasteiger partial charge in [0.2, 0.25) is 0 Å². The van der Waals surface area contributed by atoms with E-state index in [0.717, 1.165) is 23.6 Å². The molecule has 98 valence electrons. The Morgan fingerprint density at radius 2 is 1.42 bits per heavy atom. The molecule has 0 aliphatic carbocycles. The number of fused-ring (bicyclic) bond motifs is 3. The zero-order valence-corrected chi connectivity index (χ0v) is 12.5. The molecule has 0 aliphatic rings. The first-order valence-corrected chi connectivity index (χ1v) is 6.59. The molecule has 0 bridgehead atoms. The van der Waals surface area contributed by atoms with E-state index in [9.17, 15) is 0 Å². The van der Waals surface area contributed by atoms with Crippen molar-refractivity contribution in [3.63, 3.8) is 0 Å². The van der Waals surface area contributed by atoms with E-state index in [2.05, 4.69) is 18.2 Å². The lowest BCUT2D eigenvalue weighted by molar-refractivity contribution is -0.0452. The molecule has 0 atom stereocenters. The van der Waals surface area contributed by atoms with Crippen molar-refractivity contribution in [3.8, 4) is 5.75 Å². The Morgan fingerprint density at radius 3 is 2.11 bits per heavy atom. The predicted molar refractivity (Wildman–Crippen MR) is 85.3 cm³/mol. The molecule has 0 fully saturated rings. The third kappa shape index (κ3) is 2.80. The van der Waals surface area contributed by atoms with Gasteiger partial charge in [0, 0.05) is 12.5 Å². The second-order valence-electron chi connectivity index (χ2n) is 3.79. The molecule has 0 spiro atoms. The van der Waals surface area contributed by atoms with Crippen LogP contribution in [0.15, 0.2) is 54.6 Å². The molecule has 4 heteroatoms. The van der Waals surface area contributed by atoms with Gasteiger partial charge in [-0.15, -0.1) is 3.22 Å². The van der Waals surface area contributed by atoms with Gasteiger partial charge in [0.1, 0.15) is 0 Å². The van der Waals surface area contributed by atoms with Gasteiger partial charge in [0.15, 0.2) is 28.8 Å². The van der Waals surface area contributed by atoms with Gasteiger partial charge in [-0.05, 0) is 22.2 Å². The van der Waals surface area contributed by atoms with Gasteiger partial charge in [-0.3, -0.25) is 0 Å². The smallest absolute Gasteiger partial charge is 0.174 e. The van der Waals surface area contributed by atoms with Gasteiger partial charge in [0.25, 0.3) is 0 Å². The highest BCUT2D eigenvalue weighted by Gasteiger charge is 2.07. The van der Waals surface area contributed by atoms with Gasteiger partial charge >= 0.3 is 0 Å². The van der Waals surface area contributed by atoms with Crippen LogP contribution in [0.1, 0.15) is 0 Å². The van der Waals surface area contributed by atoms with E-state index in [-0.39, 0.29) is 0 Å².